The molecular formula is C29H32N4O9. The maximum atomic E-state index is 13.9. The van der Waals surface area contributed by atoms with Gasteiger partial charge in [0.25, 0.3) is 5.91 Å². The summed E-state index contributed by atoms with van der Waals surface area (Å²) in [7, 11) is 1.22. The largest absolute Gasteiger partial charge is 0.465 e. The first-order valence-corrected chi connectivity index (χ1v) is 12.9. The highest BCUT2D eigenvalue weighted by Gasteiger charge is 2.45. The summed E-state index contributed by atoms with van der Waals surface area (Å²) in [5.41, 5.74) is 7.04. The van der Waals surface area contributed by atoms with Crippen molar-refractivity contribution < 1.29 is 44.2 Å². The fraction of sp³-hybridized carbons (Fsp3) is 0.276. The molecule has 13 nitrogen and oxygen atoms in total. The summed E-state index contributed by atoms with van der Waals surface area (Å²) in [4.78, 5) is 26.2. The van der Waals surface area contributed by atoms with Crippen molar-refractivity contribution in [2.75, 3.05) is 24.4 Å². The lowest BCUT2D eigenvalue weighted by molar-refractivity contribution is -0.277. The summed E-state index contributed by atoms with van der Waals surface area (Å²) >= 11 is 0. The van der Waals surface area contributed by atoms with Crippen molar-refractivity contribution in [3.05, 3.63) is 89.5 Å². The quantitative estimate of drug-likeness (QED) is 0.0950. The molecule has 13 heteroatoms. The van der Waals surface area contributed by atoms with Crippen molar-refractivity contribution in [2.45, 2.75) is 36.7 Å². The van der Waals surface area contributed by atoms with Gasteiger partial charge in [0.05, 0.1) is 25.0 Å². The van der Waals surface area contributed by atoms with Gasteiger partial charge in [0, 0.05) is 16.8 Å². The third-order valence-electron chi connectivity index (χ3n) is 6.66. The van der Waals surface area contributed by atoms with Crippen LogP contribution < -0.4 is 21.1 Å². The number of carbonyl (C=O) groups excluding carboxylic acids is 2. The number of nitrogen functional groups attached to an aromatic ring is 1. The number of hydrogen-bond donors (Lipinski definition) is 8. The number of aliphatic hydroxyl groups is 4. The van der Waals surface area contributed by atoms with Crippen LogP contribution >= 0.6 is 0 Å². The van der Waals surface area contributed by atoms with E-state index in [9.17, 15) is 30.0 Å². The first-order chi connectivity index (χ1) is 20.1. The summed E-state index contributed by atoms with van der Waals surface area (Å²) in [5.74, 6) is -1.39. The summed E-state index contributed by atoms with van der Waals surface area (Å²) in [6.07, 6.45) is -7.65. The topological polar surface area (TPSA) is 217 Å². The predicted octanol–water partition coefficient (Wildman–Crippen LogP) is 0.728. The zero-order valence-electron chi connectivity index (χ0n) is 22.5. The molecule has 4 rings (SSSR count). The van der Waals surface area contributed by atoms with Crippen LogP contribution in [-0.4, -0.2) is 82.6 Å². The fourth-order valence-corrected chi connectivity index (χ4v) is 4.43. The third kappa shape index (κ3) is 6.67. The molecule has 0 spiro atoms. The van der Waals surface area contributed by atoms with Crippen LogP contribution in [0.3, 0.4) is 0 Å². The Labute approximate surface area is 241 Å². The van der Waals surface area contributed by atoms with Crippen molar-refractivity contribution in [3.8, 4) is 5.75 Å². The highest BCUT2D eigenvalue weighted by atomic mass is 16.7. The van der Waals surface area contributed by atoms with E-state index in [1.165, 1.54) is 25.3 Å². The number of para-hydroxylation sites is 2. The lowest BCUT2D eigenvalue weighted by Crippen LogP contribution is -2.60. The van der Waals surface area contributed by atoms with Crippen LogP contribution in [0.1, 0.15) is 27.5 Å². The van der Waals surface area contributed by atoms with Crippen LogP contribution in [0.2, 0.25) is 0 Å². The molecule has 6 unspecified atom stereocenters. The minimum Gasteiger partial charge on any atom is -0.465 e. The number of anilines is 2. The van der Waals surface area contributed by atoms with Gasteiger partial charge in [0.1, 0.15) is 42.0 Å². The lowest BCUT2D eigenvalue weighted by atomic mass is 9.99. The van der Waals surface area contributed by atoms with E-state index in [4.69, 9.17) is 25.4 Å². The standard InChI is InChI=1S/C29H32N4O9/c1-40-28(39)17-9-2-4-11-19(17)33-27(38)22(32-16-8-6-7-15(13-16)26(30)31)18-10-3-5-12-20(18)41-29-25(37)24(36)23(35)21(14-34)42-29/h2-13,21-25,29,32,34-37H,14H2,1H3,(H3,30,31)(H,33,38). The third-order valence-corrected chi connectivity index (χ3v) is 6.66. The summed E-state index contributed by atoms with van der Waals surface area (Å²) in [5, 5.41) is 54.0. The van der Waals surface area contributed by atoms with Gasteiger partial charge in [-0.25, -0.2) is 4.79 Å². The number of hydrogen-bond acceptors (Lipinski definition) is 11. The molecule has 1 aliphatic heterocycles. The Balaban J connectivity index is 1.72. The van der Waals surface area contributed by atoms with Crippen molar-refractivity contribution in [1.29, 1.82) is 5.41 Å². The monoisotopic (exact) mass is 580 g/mol. The molecule has 9 N–H and O–H groups in total. The molecule has 1 aliphatic rings. The first kappa shape index (κ1) is 30.4. The van der Waals surface area contributed by atoms with E-state index in [0.29, 0.717) is 11.3 Å². The predicted molar refractivity (Wildman–Crippen MR) is 151 cm³/mol. The molecule has 222 valence electrons. The normalized spacial score (nSPS) is 22.5. The highest BCUT2D eigenvalue weighted by molar-refractivity contribution is 6.04. The molecule has 0 saturated carbocycles. The van der Waals surface area contributed by atoms with Crippen LogP contribution in [0.25, 0.3) is 0 Å². The number of esters is 1. The van der Waals surface area contributed by atoms with E-state index in [2.05, 4.69) is 10.6 Å². The molecule has 1 fully saturated rings. The Morgan fingerprint density at radius 2 is 1.71 bits per heavy atom. The van der Waals surface area contributed by atoms with E-state index in [0.717, 1.165) is 0 Å². The first-order valence-electron chi connectivity index (χ1n) is 12.9. The molecule has 6 atom stereocenters. The number of amidine groups is 1. The van der Waals surface area contributed by atoms with Crippen LogP contribution in [0.5, 0.6) is 5.75 Å². The number of benzene rings is 3. The van der Waals surface area contributed by atoms with E-state index >= 15 is 0 Å². The number of aliphatic hydroxyl groups excluding tert-OH is 4. The maximum Gasteiger partial charge on any atom is 0.339 e. The number of rotatable bonds is 10. The molecule has 1 amide bonds. The number of nitrogens with one attached hydrogen (secondary N) is 3. The molecule has 3 aromatic carbocycles. The van der Waals surface area contributed by atoms with Crippen molar-refractivity contribution in [1.82, 2.24) is 0 Å². The molecule has 0 aliphatic carbocycles. The van der Waals surface area contributed by atoms with Gasteiger partial charge in [-0.2, -0.15) is 0 Å². The molecule has 0 radical (unpaired) electrons. The zero-order valence-corrected chi connectivity index (χ0v) is 22.5. The van der Waals surface area contributed by atoms with Gasteiger partial charge in [0.15, 0.2) is 0 Å². The summed E-state index contributed by atoms with van der Waals surface area (Å²) in [6, 6.07) is 18.0. The SMILES string of the molecule is COC(=O)c1ccccc1NC(=O)C(Nc1cccc(C(=N)N)c1)c1ccccc1OC1OC(CO)C(O)C(O)C1O. The van der Waals surface area contributed by atoms with Gasteiger partial charge in [0.2, 0.25) is 6.29 Å². The van der Waals surface area contributed by atoms with Gasteiger partial charge in [-0.1, -0.05) is 42.5 Å². The maximum absolute atomic E-state index is 13.9. The number of carbonyl (C=O) groups is 2. The lowest BCUT2D eigenvalue weighted by Gasteiger charge is -2.39. The fourth-order valence-electron chi connectivity index (χ4n) is 4.43. The second-order valence-electron chi connectivity index (χ2n) is 9.45. The minimum absolute atomic E-state index is 0.0680. The van der Waals surface area contributed by atoms with E-state index in [-0.39, 0.29) is 28.4 Å². The average molecular weight is 581 g/mol. The number of methoxy groups -OCH3 is 1. The second kappa shape index (κ2) is 13.4. The Morgan fingerprint density at radius 3 is 2.43 bits per heavy atom. The van der Waals surface area contributed by atoms with Gasteiger partial charge in [-0.15, -0.1) is 0 Å². The van der Waals surface area contributed by atoms with Crippen molar-refractivity contribution in [3.63, 3.8) is 0 Å². The smallest absolute Gasteiger partial charge is 0.339 e. The van der Waals surface area contributed by atoms with Crippen LogP contribution in [0, 0.1) is 5.41 Å². The van der Waals surface area contributed by atoms with E-state index in [1.807, 2.05) is 0 Å². The molecule has 0 bridgehead atoms. The molecular weight excluding hydrogens is 548 g/mol. The van der Waals surface area contributed by atoms with Crippen molar-refractivity contribution >= 4 is 29.1 Å². The second-order valence-corrected chi connectivity index (χ2v) is 9.45. The Morgan fingerprint density at radius 1 is 1.00 bits per heavy atom. The van der Waals surface area contributed by atoms with Gasteiger partial charge >= 0.3 is 5.97 Å². The Bertz CT molecular complexity index is 1430. The number of amides is 1. The molecule has 1 heterocycles. The Kier molecular flexibility index (Phi) is 9.72. The van der Waals surface area contributed by atoms with Crippen molar-refractivity contribution in [2.24, 2.45) is 5.73 Å². The number of ether oxygens (including phenoxy) is 3. The highest BCUT2D eigenvalue weighted by Crippen LogP contribution is 2.33. The molecule has 1 saturated heterocycles. The Hall–Kier alpha value is -4.53. The van der Waals surface area contributed by atoms with Crippen LogP contribution in [0.15, 0.2) is 72.8 Å². The van der Waals surface area contributed by atoms with Gasteiger partial charge in [-0.3, -0.25) is 10.2 Å². The van der Waals surface area contributed by atoms with E-state index < -0.39 is 55.2 Å². The van der Waals surface area contributed by atoms with Gasteiger partial charge in [-0.05, 0) is 30.3 Å². The molecule has 3 aromatic rings. The van der Waals surface area contributed by atoms with E-state index in [1.54, 1.807) is 54.6 Å². The summed E-state index contributed by atoms with van der Waals surface area (Å²) in [6.45, 7) is -0.648. The van der Waals surface area contributed by atoms with Gasteiger partial charge < -0.3 is 51.0 Å². The zero-order chi connectivity index (χ0) is 30.4. The number of nitrogens with two attached hydrogens (primary N) is 1. The van der Waals surface area contributed by atoms with Crippen LogP contribution in [0.4, 0.5) is 11.4 Å². The summed E-state index contributed by atoms with van der Waals surface area (Å²) < 4.78 is 16.2. The van der Waals surface area contributed by atoms with Crippen LogP contribution in [-0.2, 0) is 14.3 Å². The minimum atomic E-state index is -1.68. The molecule has 0 aromatic heterocycles. The average Bonchev–Trinajstić information content (AvgIpc) is 3.00. The molecule has 42 heavy (non-hydrogen) atoms.